The summed E-state index contributed by atoms with van der Waals surface area (Å²) in [6, 6.07) is 2.29. The Morgan fingerprint density at radius 2 is 2.62 bits per heavy atom. The van der Waals surface area contributed by atoms with Crippen LogP contribution in [0, 0.1) is 17.2 Å². The molecule has 0 N–H and O–H groups in total. The molecule has 0 spiro atoms. The molecule has 0 saturated carbocycles. The van der Waals surface area contributed by atoms with E-state index < -0.39 is 5.54 Å². The minimum atomic E-state index is -0.539. The van der Waals surface area contributed by atoms with Crippen LogP contribution in [0.2, 0.25) is 0 Å². The first-order chi connectivity index (χ1) is 6.30. The molecule has 4 heteroatoms. The fourth-order valence-electron chi connectivity index (χ4n) is 2.06. The molecule has 0 radical (unpaired) electrons. The lowest BCUT2D eigenvalue weighted by molar-refractivity contribution is 0.352. The molecule has 4 nitrogen and oxygen atoms in total. The van der Waals surface area contributed by atoms with Gasteiger partial charge in [-0.25, -0.2) is 0 Å². The number of nitrogens with zero attached hydrogens (tertiary/aromatic N) is 4. The average molecular weight is 176 g/mol. The van der Waals surface area contributed by atoms with Gasteiger partial charge in [-0.3, -0.25) is 4.90 Å². The topological polar surface area (TPSA) is 51.8 Å². The van der Waals surface area contributed by atoms with E-state index in [2.05, 4.69) is 27.8 Å². The van der Waals surface area contributed by atoms with Crippen molar-refractivity contribution in [1.29, 1.82) is 5.26 Å². The first kappa shape index (κ1) is 8.39. The van der Waals surface area contributed by atoms with Crippen molar-refractivity contribution >= 4 is 0 Å². The largest absolute Gasteiger partial charge is 0.296 e. The van der Waals surface area contributed by atoms with Gasteiger partial charge in [-0.2, -0.15) is 15.5 Å². The number of likely N-dealkylation sites (tertiary alicyclic amines) is 1. The molecular weight excluding hydrogens is 164 g/mol. The average Bonchev–Trinajstić information content (AvgIpc) is 2.61. The highest BCUT2D eigenvalue weighted by Crippen LogP contribution is 2.35. The van der Waals surface area contributed by atoms with E-state index in [9.17, 15) is 0 Å². The molecule has 0 aromatic heterocycles. The summed E-state index contributed by atoms with van der Waals surface area (Å²) in [7, 11) is 0. The SMILES string of the molecule is C=CCN1C[C@H]2CN=N[C@]2(C#N)C1. The Hall–Kier alpha value is -1.21. The van der Waals surface area contributed by atoms with E-state index >= 15 is 0 Å². The monoisotopic (exact) mass is 176 g/mol. The highest BCUT2D eigenvalue weighted by molar-refractivity contribution is 5.19. The lowest BCUT2D eigenvalue weighted by Gasteiger charge is -2.14. The summed E-state index contributed by atoms with van der Waals surface area (Å²) in [5.41, 5.74) is -0.539. The number of rotatable bonds is 2. The molecule has 2 rings (SSSR count). The number of hydrogen-bond donors (Lipinski definition) is 0. The third kappa shape index (κ3) is 1.16. The second kappa shape index (κ2) is 2.93. The zero-order valence-electron chi connectivity index (χ0n) is 7.48. The number of fused-ring (bicyclic) bond motifs is 1. The summed E-state index contributed by atoms with van der Waals surface area (Å²) >= 11 is 0. The van der Waals surface area contributed by atoms with Crippen molar-refractivity contribution in [2.75, 3.05) is 26.2 Å². The van der Waals surface area contributed by atoms with E-state index in [1.165, 1.54) is 0 Å². The number of hydrogen-bond acceptors (Lipinski definition) is 4. The van der Waals surface area contributed by atoms with Crippen molar-refractivity contribution in [2.45, 2.75) is 5.54 Å². The minimum absolute atomic E-state index is 0.303. The molecule has 2 heterocycles. The maximum Gasteiger partial charge on any atom is 0.185 e. The van der Waals surface area contributed by atoms with Crippen LogP contribution in [0.4, 0.5) is 0 Å². The summed E-state index contributed by atoms with van der Waals surface area (Å²) in [4.78, 5) is 2.21. The molecule has 2 atom stereocenters. The Labute approximate surface area is 77.6 Å². The minimum Gasteiger partial charge on any atom is -0.296 e. The van der Waals surface area contributed by atoms with Crippen molar-refractivity contribution in [2.24, 2.45) is 16.1 Å². The highest BCUT2D eigenvalue weighted by Gasteiger charge is 2.50. The molecule has 0 aromatic rings. The molecule has 1 fully saturated rings. The van der Waals surface area contributed by atoms with Gasteiger partial charge in [0.15, 0.2) is 5.54 Å². The molecule has 2 aliphatic rings. The van der Waals surface area contributed by atoms with Crippen LogP contribution in [0.15, 0.2) is 22.9 Å². The van der Waals surface area contributed by atoms with Crippen molar-refractivity contribution in [3.8, 4) is 6.07 Å². The maximum atomic E-state index is 9.06. The zero-order chi connectivity index (χ0) is 9.31. The molecule has 1 saturated heterocycles. The Kier molecular flexibility index (Phi) is 1.89. The van der Waals surface area contributed by atoms with Crippen LogP contribution in [-0.4, -0.2) is 36.6 Å². The summed E-state index contributed by atoms with van der Waals surface area (Å²) in [6.07, 6.45) is 1.86. The van der Waals surface area contributed by atoms with Gasteiger partial charge >= 0.3 is 0 Å². The third-order valence-corrected chi connectivity index (χ3v) is 2.75. The van der Waals surface area contributed by atoms with Gasteiger partial charge in [-0.05, 0) is 0 Å². The summed E-state index contributed by atoms with van der Waals surface area (Å²) in [5.74, 6) is 0.303. The zero-order valence-corrected chi connectivity index (χ0v) is 7.48. The Morgan fingerprint density at radius 1 is 1.77 bits per heavy atom. The number of nitriles is 1. The Bertz CT molecular complexity index is 290. The lowest BCUT2D eigenvalue weighted by atomic mass is 9.91. The predicted octanol–water partition coefficient (Wildman–Crippen LogP) is 0.832. The molecule has 68 valence electrons. The van der Waals surface area contributed by atoms with Crippen molar-refractivity contribution < 1.29 is 0 Å². The molecule has 13 heavy (non-hydrogen) atoms. The molecule has 0 amide bonds. The van der Waals surface area contributed by atoms with Gasteiger partial charge in [-0.1, -0.05) is 6.08 Å². The second-order valence-electron chi connectivity index (χ2n) is 3.64. The quantitative estimate of drug-likeness (QED) is 0.585. The summed E-state index contributed by atoms with van der Waals surface area (Å²) < 4.78 is 0. The fraction of sp³-hybridized carbons (Fsp3) is 0.667. The third-order valence-electron chi connectivity index (χ3n) is 2.75. The summed E-state index contributed by atoms with van der Waals surface area (Å²) in [6.45, 7) is 6.88. The fourth-order valence-corrected chi connectivity index (χ4v) is 2.06. The molecule has 0 unspecified atom stereocenters. The standard InChI is InChI=1S/C9H12N4/c1-2-3-13-5-8-4-11-12-9(8,6-10)7-13/h2,8H,1,3-5,7H2/t8-,9-/m1/s1. The maximum absolute atomic E-state index is 9.06. The molecule has 0 bridgehead atoms. The van der Waals surface area contributed by atoms with E-state index in [0.717, 1.165) is 13.1 Å². The second-order valence-corrected chi connectivity index (χ2v) is 3.64. The molecule has 0 aliphatic carbocycles. The van der Waals surface area contributed by atoms with Crippen LogP contribution < -0.4 is 0 Å². The van der Waals surface area contributed by atoms with E-state index in [1.54, 1.807) is 0 Å². The smallest absolute Gasteiger partial charge is 0.185 e. The molecule has 2 aliphatic heterocycles. The van der Waals surface area contributed by atoms with E-state index in [-0.39, 0.29) is 0 Å². The first-order valence-corrected chi connectivity index (χ1v) is 4.44. The van der Waals surface area contributed by atoms with Crippen molar-refractivity contribution in [3.63, 3.8) is 0 Å². The van der Waals surface area contributed by atoms with Crippen LogP contribution in [0.25, 0.3) is 0 Å². The van der Waals surface area contributed by atoms with E-state index in [1.807, 2.05) is 6.08 Å². The van der Waals surface area contributed by atoms with Gasteiger partial charge in [-0.15, -0.1) is 6.58 Å². The van der Waals surface area contributed by atoms with Crippen molar-refractivity contribution in [1.82, 2.24) is 4.90 Å². The first-order valence-electron chi connectivity index (χ1n) is 4.44. The molecule has 0 aromatic carbocycles. The van der Waals surface area contributed by atoms with Crippen molar-refractivity contribution in [3.05, 3.63) is 12.7 Å². The van der Waals surface area contributed by atoms with Gasteiger partial charge in [0.2, 0.25) is 0 Å². The van der Waals surface area contributed by atoms with E-state index in [0.29, 0.717) is 19.0 Å². The van der Waals surface area contributed by atoms with Gasteiger partial charge in [0.25, 0.3) is 0 Å². The molecular formula is C9H12N4. The predicted molar refractivity (Wildman–Crippen MR) is 48.2 cm³/mol. The van der Waals surface area contributed by atoms with E-state index in [4.69, 9.17) is 5.26 Å². The Balaban J connectivity index is 2.14. The van der Waals surface area contributed by atoms with Gasteiger partial charge in [0, 0.05) is 25.6 Å². The van der Waals surface area contributed by atoms with Gasteiger partial charge in [0.1, 0.15) is 0 Å². The van der Waals surface area contributed by atoms with Crippen LogP contribution in [0.3, 0.4) is 0 Å². The van der Waals surface area contributed by atoms with Crippen LogP contribution in [0.5, 0.6) is 0 Å². The number of azo groups is 1. The van der Waals surface area contributed by atoms with Gasteiger partial charge in [0.05, 0.1) is 12.6 Å². The van der Waals surface area contributed by atoms with Gasteiger partial charge < -0.3 is 0 Å². The van der Waals surface area contributed by atoms with Crippen LogP contribution in [-0.2, 0) is 0 Å². The lowest BCUT2D eigenvalue weighted by Crippen LogP contribution is -2.32. The summed E-state index contributed by atoms with van der Waals surface area (Å²) in [5, 5.41) is 17.1. The highest BCUT2D eigenvalue weighted by atomic mass is 15.3. The van der Waals surface area contributed by atoms with Crippen LogP contribution >= 0.6 is 0 Å². The normalized spacial score (nSPS) is 37.3. The van der Waals surface area contributed by atoms with Crippen LogP contribution in [0.1, 0.15) is 0 Å². The Morgan fingerprint density at radius 3 is 3.23 bits per heavy atom.